The number of nitrogens with zero attached hydrogens (tertiary/aromatic N) is 3. The van der Waals surface area contributed by atoms with Crippen molar-refractivity contribution < 1.29 is 9.53 Å². The molecule has 0 bridgehead atoms. The van der Waals surface area contributed by atoms with Crippen molar-refractivity contribution in [1.82, 2.24) is 20.4 Å². The average molecular weight is 277 g/mol. The predicted molar refractivity (Wildman–Crippen MR) is 75.8 cm³/mol. The van der Waals surface area contributed by atoms with Gasteiger partial charge in [0.05, 0.1) is 18.0 Å². The maximum absolute atomic E-state index is 12.1. The van der Waals surface area contributed by atoms with Crippen LogP contribution in [0.1, 0.15) is 42.7 Å². The molecule has 0 unspecified atom stereocenters. The van der Waals surface area contributed by atoms with E-state index in [1.54, 1.807) is 13.8 Å². The van der Waals surface area contributed by atoms with E-state index in [9.17, 15) is 4.79 Å². The maximum atomic E-state index is 12.1. The standard InChI is InChI=1S/C13H19N5O2/c1-4-6-7-14-10-9(13(19)20-5-2)8(3)15-12-11(10)16-18-17-12/h4-7H2,1-3H3,(H2,14,15,16,17,18). The Morgan fingerprint density at radius 3 is 2.85 bits per heavy atom. The number of ether oxygens (including phenoxy) is 1. The van der Waals surface area contributed by atoms with E-state index >= 15 is 0 Å². The number of carbonyl (C=O) groups excluding carboxylic acids is 1. The lowest BCUT2D eigenvalue weighted by Gasteiger charge is -2.13. The number of aryl methyl sites for hydroxylation is 1. The first-order valence-corrected chi connectivity index (χ1v) is 6.81. The molecule has 7 nitrogen and oxygen atoms in total. The van der Waals surface area contributed by atoms with Crippen molar-refractivity contribution in [2.75, 3.05) is 18.5 Å². The van der Waals surface area contributed by atoms with Crippen molar-refractivity contribution in [1.29, 1.82) is 0 Å². The fraction of sp³-hybridized carbons (Fsp3) is 0.538. The highest BCUT2D eigenvalue weighted by Gasteiger charge is 2.22. The number of aromatic nitrogens is 4. The Balaban J connectivity index is 2.48. The van der Waals surface area contributed by atoms with Gasteiger partial charge in [-0.1, -0.05) is 13.3 Å². The fourth-order valence-electron chi connectivity index (χ4n) is 2.00. The lowest BCUT2D eigenvalue weighted by atomic mass is 10.1. The van der Waals surface area contributed by atoms with Gasteiger partial charge in [-0.05, 0) is 20.3 Å². The summed E-state index contributed by atoms with van der Waals surface area (Å²) < 4.78 is 5.10. The van der Waals surface area contributed by atoms with Gasteiger partial charge in [0.2, 0.25) is 5.65 Å². The Labute approximate surface area is 117 Å². The van der Waals surface area contributed by atoms with Gasteiger partial charge in [0.15, 0.2) is 5.52 Å². The van der Waals surface area contributed by atoms with E-state index in [1.165, 1.54) is 0 Å². The van der Waals surface area contributed by atoms with Crippen LogP contribution in [0.3, 0.4) is 0 Å². The molecule has 2 N–H and O–H groups in total. The molecule has 2 aromatic rings. The summed E-state index contributed by atoms with van der Waals surface area (Å²) in [5.41, 5.74) is 2.73. The van der Waals surface area contributed by atoms with Crippen LogP contribution in [0.5, 0.6) is 0 Å². The molecular weight excluding hydrogens is 258 g/mol. The van der Waals surface area contributed by atoms with Crippen LogP contribution < -0.4 is 5.32 Å². The number of hydrogen-bond donors (Lipinski definition) is 2. The smallest absolute Gasteiger partial charge is 0.342 e. The second-order valence-corrected chi connectivity index (χ2v) is 4.44. The van der Waals surface area contributed by atoms with E-state index in [0.29, 0.717) is 34.7 Å². The summed E-state index contributed by atoms with van der Waals surface area (Å²) in [6, 6.07) is 0. The number of carbonyl (C=O) groups is 1. The molecule has 2 aromatic heterocycles. The highest BCUT2D eigenvalue weighted by Crippen LogP contribution is 2.26. The fourth-order valence-corrected chi connectivity index (χ4v) is 2.00. The van der Waals surface area contributed by atoms with Crippen LogP contribution in [-0.4, -0.2) is 39.5 Å². The molecule has 0 amide bonds. The molecule has 0 saturated heterocycles. The highest BCUT2D eigenvalue weighted by atomic mass is 16.5. The van der Waals surface area contributed by atoms with Crippen molar-refractivity contribution in [2.24, 2.45) is 0 Å². The molecule has 0 aliphatic carbocycles. The van der Waals surface area contributed by atoms with Crippen molar-refractivity contribution >= 4 is 22.8 Å². The van der Waals surface area contributed by atoms with Gasteiger partial charge in [0.25, 0.3) is 0 Å². The molecule has 2 rings (SSSR count). The van der Waals surface area contributed by atoms with Gasteiger partial charge >= 0.3 is 5.97 Å². The van der Waals surface area contributed by atoms with Gasteiger partial charge in [-0.25, -0.2) is 9.78 Å². The van der Waals surface area contributed by atoms with Crippen molar-refractivity contribution in [3.05, 3.63) is 11.3 Å². The van der Waals surface area contributed by atoms with E-state index in [0.717, 1.165) is 19.4 Å². The van der Waals surface area contributed by atoms with Crippen LogP contribution in [-0.2, 0) is 4.74 Å². The molecule has 2 heterocycles. The Morgan fingerprint density at radius 1 is 1.35 bits per heavy atom. The van der Waals surface area contributed by atoms with Crippen LogP contribution >= 0.6 is 0 Å². The number of unbranched alkanes of at least 4 members (excludes halogenated alkanes) is 1. The monoisotopic (exact) mass is 277 g/mol. The molecule has 0 aliphatic rings. The number of fused-ring (bicyclic) bond motifs is 1. The summed E-state index contributed by atoms with van der Waals surface area (Å²) >= 11 is 0. The van der Waals surface area contributed by atoms with Gasteiger partial charge < -0.3 is 10.1 Å². The Bertz CT molecular complexity index is 608. The number of hydrogen-bond acceptors (Lipinski definition) is 6. The van der Waals surface area contributed by atoms with Crippen LogP contribution in [0.2, 0.25) is 0 Å². The summed E-state index contributed by atoms with van der Waals surface area (Å²) in [5.74, 6) is -0.388. The topological polar surface area (TPSA) is 92.8 Å². The van der Waals surface area contributed by atoms with Crippen molar-refractivity contribution in [3.8, 4) is 0 Å². The average Bonchev–Trinajstić information content (AvgIpc) is 2.86. The van der Waals surface area contributed by atoms with Gasteiger partial charge in [-0.3, -0.25) is 0 Å². The molecular formula is C13H19N5O2. The minimum atomic E-state index is -0.388. The third-order valence-electron chi connectivity index (χ3n) is 2.96. The second-order valence-electron chi connectivity index (χ2n) is 4.44. The van der Waals surface area contributed by atoms with E-state index in [2.05, 4.69) is 32.6 Å². The summed E-state index contributed by atoms with van der Waals surface area (Å²) in [6.07, 6.45) is 2.07. The summed E-state index contributed by atoms with van der Waals surface area (Å²) in [4.78, 5) is 16.4. The first-order valence-electron chi connectivity index (χ1n) is 6.81. The molecule has 0 atom stereocenters. The number of anilines is 1. The van der Waals surface area contributed by atoms with E-state index in [4.69, 9.17) is 4.74 Å². The number of H-pyrrole nitrogens is 1. The first kappa shape index (κ1) is 14.2. The van der Waals surface area contributed by atoms with Gasteiger partial charge in [0, 0.05) is 6.54 Å². The first-order chi connectivity index (χ1) is 9.69. The molecule has 0 aromatic carbocycles. The van der Waals surface area contributed by atoms with Crippen LogP contribution in [0.4, 0.5) is 5.69 Å². The zero-order valence-electron chi connectivity index (χ0n) is 12.0. The van der Waals surface area contributed by atoms with Crippen molar-refractivity contribution in [3.63, 3.8) is 0 Å². The Kier molecular flexibility index (Phi) is 4.49. The molecule has 7 heteroatoms. The molecule has 0 aliphatic heterocycles. The molecule has 0 spiro atoms. The lowest BCUT2D eigenvalue weighted by Crippen LogP contribution is -2.14. The Morgan fingerprint density at radius 2 is 2.15 bits per heavy atom. The highest BCUT2D eigenvalue weighted by molar-refractivity contribution is 6.03. The molecule has 0 radical (unpaired) electrons. The number of aromatic amines is 1. The normalized spacial score (nSPS) is 10.8. The minimum Gasteiger partial charge on any atom is -0.462 e. The summed E-state index contributed by atoms with van der Waals surface area (Å²) in [7, 11) is 0. The Hall–Kier alpha value is -2.18. The van der Waals surface area contributed by atoms with E-state index in [1.807, 2.05) is 0 Å². The second kappa shape index (κ2) is 6.31. The number of pyridine rings is 1. The third kappa shape index (κ3) is 2.71. The SMILES string of the molecule is CCCCNc1c(C(=O)OCC)c(C)nc2n[nH]nc12. The largest absolute Gasteiger partial charge is 0.462 e. The molecule has 0 fully saturated rings. The zero-order valence-corrected chi connectivity index (χ0v) is 12.0. The number of rotatable bonds is 6. The van der Waals surface area contributed by atoms with Crippen LogP contribution in [0.25, 0.3) is 11.2 Å². The number of esters is 1. The molecule has 0 saturated carbocycles. The zero-order chi connectivity index (χ0) is 14.5. The lowest BCUT2D eigenvalue weighted by molar-refractivity contribution is 0.0526. The van der Waals surface area contributed by atoms with Crippen LogP contribution in [0.15, 0.2) is 0 Å². The molecule has 20 heavy (non-hydrogen) atoms. The quantitative estimate of drug-likeness (QED) is 0.620. The summed E-state index contributed by atoms with van der Waals surface area (Å²) in [5, 5.41) is 13.8. The third-order valence-corrected chi connectivity index (χ3v) is 2.96. The van der Waals surface area contributed by atoms with Crippen molar-refractivity contribution in [2.45, 2.75) is 33.6 Å². The predicted octanol–water partition coefficient (Wildman–Crippen LogP) is 2.05. The van der Waals surface area contributed by atoms with Crippen LogP contribution in [0, 0.1) is 6.92 Å². The van der Waals surface area contributed by atoms with E-state index in [-0.39, 0.29) is 5.97 Å². The van der Waals surface area contributed by atoms with Gasteiger partial charge in [-0.2, -0.15) is 10.3 Å². The van der Waals surface area contributed by atoms with Gasteiger partial charge in [-0.15, -0.1) is 5.10 Å². The van der Waals surface area contributed by atoms with Gasteiger partial charge in [0.1, 0.15) is 5.56 Å². The molecule has 108 valence electrons. The minimum absolute atomic E-state index is 0.323. The number of nitrogens with one attached hydrogen (secondary N) is 2. The maximum Gasteiger partial charge on any atom is 0.342 e. The van der Waals surface area contributed by atoms with E-state index < -0.39 is 0 Å². The summed E-state index contributed by atoms with van der Waals surface area (Å²) in [6.45, 7) is 6.74.